The molecular weight excluding hydrogens is 284 g/mol. The molecule has 0 radical (unpaired) electrons. The fourth-order valence-electron chi connectivity index (χ4n) is 2.46. The van der Waals surface area contributed by atoms with Crippen LogP contribution < -0.4 is 22.9 Å². The second kappa shape index (κ2) is 21.8. The lowest BCUT2D eigenvalue weighted by Gasteiger charge is -2.05. The minimum atomic E-state index is -0.103. The van der Waals surface area contributed by atoms with Crippen molar-refractivity contribution in [1.82, 2.24) is 0 Å². The van der Waals surface area contributed by atoms with E-state index in [1.165, 1.54) is 77.0 Å². The van der Waals surface area contributed by atoms with E-state index in [1.54, 1.807) is 0 Å². The van der Waals surface area contributed by atoms with Gasteiger partial charge in [0.15, 0.2) is 0 Å². The fourth-order valence-corrected chi connectivity index (χ4v) is 2.46. The minimum absolute atomic E-state index is 0.103. The van der Waals surface area contributed by atoms with Crippen LogP contribution in [0, 0.1) is 5.92 Å². The van der Waals surface area contributed by atoms with Gasteiger partial charge in [-0.15, -0.1) is 0 Å². The minimum Gasteiger partial charge on any atom is -0.330 e. The number of hydrogen-bond donors (Lipinski definition) is 4. The van der Waals surface area contributed by atoms with Crippen molar-refractivity contribution < 1.29 is 0 Å². The maximum Gasteiger partial charge on any atom is 0.0520 e. The van der Waals surface area contributed by atoms with Crippen LogP contribution in [-0.2, 0) is 0 Å². The molecule has 0 atom stereocenters. The average Bonchev–Trinajstić information content (AvgIpc) is 2.50. The van der Waals surface area contributed by atoms with Gasteiger partial charge in [0.25, 0.3) is 0 Å². The summed E-state index contributed by atoms with van der Waals surface area (Å²) in [5.74, 6) is 0.835. The second-order valence-electron chi connectivity index (χ2n) is 7.10. The average molecular weight is 331 g/mol. The Balaban J connectivity index is 0. The molecular formula is C19H46N4. The first-order valence-corrected chi connectivity index (χ1v) is 9.95. The van der Waals surface area contributed by atoms with Crippen LogP contribution in [0.2, 0.25) is 0 Å². The van der Waals surface area contributed by atoms with Gasteiger partial charge in [0.2, 0.25) is 0 Å². The van der Waals surface area contributed by atoms with Crippen LogP contribution in [0.25, 0.3) is 0 Å². The van der Waals surface area contributed by atoms with Crippen LogP contribution in [0.1, 0.15) is 97.3 Å². The molecule has 0 heterocycles. The summed E-state index contributed by atoms with van der Waals surface area (Å²) >= 11 is 0. The first-order valence-electron chi connectivity index (χ1n) is 9.95. The Bertz CT molecular complexity index is 176. The zero-order valence-electron chi connectivity index (χ0n) is 16.1. The van der Waals surface area contributed by atoms with Crippen LogP contribution in [0.15, 0.2) is 0 Å². The molecule has 0 aliphatic heterocycles. The van der Waals surface area contributed by atoms with E-state index in [2.05, 4.69) is 13.8 Å². The van der Waals surface area contributed by atoms with Gasteiger partial charge in [-0.2, -0.15) is 0 Å². The smallest absolute Gasteiger partial charge is 0.0520 e. The van der Waals surface area contributed by atoms with Gasteiger partial charge in [-0.1, -0.05) is 78.1 Å². The molecule has 0 spiro atoms. The Hall–Kier alpha value is -0.160. The lowest BCUT2D eigenvalue weighted by atomic mass is 10.0. The van der Waals surface area contributed by atoms with E-state index in [9.17, 15) is 0 Å². The Morgan fingerprint density at radius 2 is 0.870 bits per heavy atom. The molecule has 0 aromatic carbocycles. The number of rotatable bonds is 15. The molecule has 0 rings (SSSR count). The van der Waals surface area contributed by atoms with Gasteiger partial charge in [-0.05, 0) is 38.3 Å². The van der Waals surface area contributed by atoms with Gasteiger partial charge in [0, 0.05) is 0 Å². The Morgan fingerprint density at radius 3 is 1.22 bits per heavy atom. The summed E-state index contributed by atoms with van der Waals surface area (Å²) in [6.45, 7) is 6.23. The van der Waals surface area contributed by atoms with Crippen molar-refractivity contribution >= 4 is 0 Å². The molecule has 0 unspecified atom stereocenters. The summed E-state index contributed by atoms with van der Waals surface area (Å²) in [4.78, 5) is 0. The molecule has 0 aromatic rings. The molecule has 142 valence electrons. The van der Waals surface area contributed by atoms with Gasteiger partial charge in [-0.25, -0.2) is 0 Å². The van der Waals surface area contributed by atoms with Crippen molar-refractivity contribution in [2.24, 2.45) is 28.9 Å². The Kier molecular flexibility index (Phi) is 23.8. The van der Waals surface area contributed by atoms with Gasteiger partial charge >= 0.3 is 0 Å². The summed E-state index contributed by atoms with van der Waals surface area (Å²) < 4.78 is 0. The van der Waals surface area contributed by atoms with Crippen molar-refractivity contribution in [3.05, 3.63) is 0 Å². The van der Waals surface area contributed by atoms with E-state index in [0.29, 0.717) is 0 Å². The van der Waals surface area contributed by atoms with Crippen LogP contribution in [0.4, 0.5) is 0 Å². The summed E-state index contributed by atoms with van der Waals surface area (Å²) in [6.07, 6.45) is 16.5. The van der Waals surface area contributed by atoms with E-state index >= 15 is 0 Å². The third kappa shape index (κ3) is 30.3. The molecule has 8 N–H and O–H groups in total. The number of hydrogen-bond acceptors (Lipinski definition) is 4. The van der Waals surface area contributed by atoms with Gasteiger partial charge in [0.1, 0.15) is 0 Å². The first-order chi connectivity index (χ1) is 11.0. The van der Waals surface area contributed by atoms with E-state index in [4.69, 9.17) is 22.9 Å². The molecule has 4 heteroatoms. The Morgan fingerprint density at radius 1 is 0.522 bits per heavy atom. The number of nitrogens with two attached hydrogens (primary N) is 4. The normalized spacial score (nSPS) is 11.0. The van der Waals surface area contributed by atoms with Crippen molar-refractivity contribution in [3.8, 4) is 0 Å². The fraction of sp³-hybridized carbons (Fsp3) is 1.00. The molecule has 0 aliphatic carbocycles. The number of unbranched alkanes of at least 4 members (excludes halogenated alkanes) is 9. The zero-order valence-corrected chi connectivity index (χ0v) is 16.1. The van der Waals surface area contributed by atoms with Crippen molar-refractivity contribution in [2.45, 2.75) is 103 Å². The quantitative estimate of drug-likeness (QED) is 0.270. The van der Waals surface area contributed by atoms with Crippen LogP contribution in [-0.4, -0.2) is 19.3 Å². The highest BCUT2D eigenvalue weighted by molar-refractivity contribution is 4.53. The standard InChI is InChI=1S/C10H24N2.C9H22N2/c11-9-7-5-3-1-2-4-6-8-10-12;1-8(2)6-4-3-5-7-9(10)11/h1-12H2;8-9H,3-7,10-11H2,1-2H3. The third-order valence-corrected chi connectivity index (χ3v) is 3.98. The maximum absolute atomic E-state index is 5.41. The van der Waals surface area contributed by atoms with Crippen LogP contribution in [0.5, 0.6) is 0 Å². The van der Waals surface area contributed by atoms with E-state index in [1.807, 2.05) is 0 Å². The molecule has 0 saturated heterocycles. The summed E-state index contributed by atoms with van der Waals surface area (Å²) in [5, 5.41) is 0. The largest absolute Gasteiger partial charge is 0.330 e. The lowest BCUT2D eigenvalue weighted by Crippen LogP contribution is -2.29. The monoisotopic (exact) mass is 330 g/mol. The lowest BCUT2D eigenvalue weighted by molar-refractivity contribution is 0.502. The SMILES string of the molecule is CC(C)CCCCCC(N)N.NCCCCCCCCCCN. The second-order valence-corrected chi connectivity index (χ2v) is 7.10. The van der Waals surface area contributed by atoms with E-state index in [0.717, 1.165) is 25.4 Å². The van der Waals surface area contributed by atoms with E-state index in [-0.39, 0.29) is 6.17 Å². The predicted octanol–water partition coefficient (Wildman–Crippen LogP) is 3.86. The molecule has 23 heavy (non-hydrogen) atoms. The first kappa shape index (κ1) is 25.1. The third-order valence-electron chi connectivity index (χ3n) is 3.98. The molecule has 0 aliphatic rings. The van der Waals surface area contributed by atoms with Crippen LogP contribution >= 0.6 is 0 Å². The molecule has 0 bridgehead atoms. The van der Waals surface area contributed by atoms with Crippen molar-refractivity contribution in [2.75, 3.05) is 13.1 Å². The molecule has 0 amide bonds. The maximum atomic E-state index is 5.41. The molecule has 0 saturated carbocycles. The molecule has 0 aromatic heterocycles. The molecule has 0 fully saturated rings. The summed E-state index contributed by atoms with van der Waals surface area (Å²) in [7, 11) is 0. The van der Waals surface area contributed by atoms with Gasteiger partial charge in [0.05, 0.1) is 6.17 Å². The predicted molar refractivity (Wildman–Crippen MR) is 105 cm³/mol. The molecule has 4 nitrogen and oxygen atoms in total. The van der Waals surface area contributed by atoms with E-state index < -0.39 is 0 Å². The van der Waals surface area contributed by atoms with Gasteiger partial charge < -0.3 is 22.9 Å². The highest BCUT2D eigenvalue weighted by atomic mass is 14.8. The van der Waals surface area contributed by atoms with Crippen molar-refractivity contribution in [1.29, 1.82) is 0 Å². The topological polar surface area (TPSA) is 104 Å². The summed E-state index contributed by atoms with van der Waals surface area (Å²) in [6, 6.07) is 0. The summed E-state index contributed by atoms with van der Waals surface area (Å²) in [5.41, 5.74) is 21.6. The van der Waals surface area contributed by atoms with Crippen LogP contribution in [0.3, 0.4) is 0 Å². The van der Waals surface area contributed by atoms with Crippen molar-refractivity contribution in [3.63, 3.8) is 0 Å². The zero-order chi connectivity index (χ0) is 17.8. The highest BCUT2D eigenvalue weighted by Crippen LogP contribution is 2.09. The van der Waals surface area contributed by atoms with Gasteiger partial charge in [-0.3, -0.25) is 0 Å². The Labute approximate surface area is 146 Å². The highest BCUT2D eigenvalue weighted by Gasteiger charge is 1.96.